The minimum absolute atomic E-state index is 0.243. The Morgan fingerprint density at radius 1 is 1.43 bits per heavy atom. The number of rotatable bonds is 5. The Kier molecular flexibility index (Phi) is 4.78. The molecule has 1 heterocycles. The molecule has 0 saturated heterocycles. The van der Waals surface area contributed by atoms with E-state index in [0.29, 0.717) is 16.9 Å². The van der Waals surface area contributed by atoms with E-state index in [1.54, 1.807) is 0 Å². The summed E-state index contributed by atoms with van der Waals surface area (Å²) in [6, 6.07) is 0. The van der Waals surface area contributed by atoms with E-state index >= 15 is 0 Å². The van der Waals surface area contributed by atoms with Gasteiger partial charge in [-0.1, -0.05) is 29.9 Å². The Balaban J connectivity index is 2.30. The topological polar surface area (TPSA) is 35.0 Å². The van der Waals surface area contributed by atoms with Crippen LogP contribution < -0.4 is 0 Å². The van der Waals surface area contributed by atoms with E-state index in [0.717, 1.165) is 12.1 Å². The van der Waals surface area contributed by atoms with Crippen molar-refractivity contribution in [3.05, 3.63) is 10.0 Å². The molecule has 0 saturated carbocycles. The average molecular weight is 235 g/mol. The van der Waals surface area contributed by atoms with Crippen LogP contribution in [0.5, 0.6) is 0 Å². The predicted octanol–water partition coefficient (Wildman–Crippen LogP) is 3.14. The maximum absolute atomic E-state index is 5.84. The van der Waals surface area contributed by atoms with E-state index in [2.05, 4.69) is 30.4 Å². The summed E-state index contributed by atoms with van der Waals surface area (Å²) in [5.41, 5.74) is 0.743. The van der Waals surface area contributed by atoms with Crippen LogP contribution >= 0.6 is 23.1 Å². The Morgan fingerprint density at radius 3 is 2.64 bits per heavy atom. The van der Waals surface area contributed by atoms with Crippen molar-refractivity contribution >= 4 is 23.1 Å². The molecule has 1 rings (SSSR count). The molecule has 1 unspecified atom stereocenters. The van der Waals surface area contributed by atoms with E-state index in [9.17, 15) is 0 Å². The maximum Gasteiger partial charge on any atom is 0.139 e. The van der Waals surface area contributed by atoms with Crippen molar-refractivity contribution in [3.63, 3.8) is 0 Å². The predicted molar refractivity (Wildman–Crippen MR) is 58.6 cm³/mol. The van der Waals surface area contributed by atoms with Crippen molar-refractivity contribution < 1.29 is 4.74 Å². The molecule has 0 N–H and O–H groups in total. The van der Waals surface area contributed by atoms with Crippen LogP contribution in [0, 0.1) is 5.92 Å². The lowest BCUT2D eigenvalue weighted by atomic mass is 10.1. The third kappa shape index (κ3) is 3.90. The van der Waals surface area contributed by atoms with Gasteiger partial charge in [-0.2, -0.15) is 0 Å². The van der Waals surface area contributed by atoms with Crippen molar-refractivity contribution in [1.29, 1.82) is 0 Å². The van der Waals surface area contributed by atoms with Crippen LogP contribution in [0.4, 0.5) is 0 Å². The molecule has 1 aromatic rings. The fourth-order valence-electron chi connectivity index (χ4n) is 1.24. The summed E-state index contributed by atoms with van der Waals surface area (Å²) in [5.74, 6) is 0.647. The highest BCUT2D eigenvalue weighted by Gasteiger charge is 2.09. The molecule has 80 valence electrons. The van der Waals surface area contributed by atoms with Gasteiger partial charge >= 0.3 is 0 Å². The zero-order valence-electron chi connectivity index (χ0n) is 8.66. The standard InChI is InChI=1S/C9H15ClN2OS/c1-6(2)4-7(3)13-5-8-9(10)14-12-11-8/h6-7H,4-5H2,1-3H3. The highest BCUT2D eigenvalue weighted by Crippen LogP contribution is 2.19. The number of ether oxygens (including phenoxy) is 1. The molecule has 0 aliphatic heterocycles. The van der Waals surface area contributed by atoms with Gasteiger partial charge in [0.1, 0.15) is 10.0 Å². The number of nitrogens with zero attached hydrogens (tertiary/aromatic N) is 2. The van der Waals surface area contributed by atoms with Crippen molar-refractivity contribution in [2.75, 3.05) is 0 Å². The van der Waals surface area contributed by atoms with Gasteiger partial charge < -0.3 is 4.74 Å². The van der Waals surface area contributed by atoms with E-state index in [4.69, 9.17) is 16.3 Å². The van der Waals surface area contributed by atoms with Crippen LogP contribution in [0.2, 0.25) is 4.34 Å². The van der Waals surface area contributed by atoms with E-state index in [1.165, 1.54) is 11.5 Å². The number of hydrogen-bond donors (Lipinski definition) is 0. The zero-order chi connectivity index (χ0) is 10.6. The lowest BCUT2D eigenvalue weighted by Crippen LogP contribution is -2.11. The first-order valence-corrected chi connectivity index (χ1v) is 5.83. The van der Waals surface area contributed by atoms with Gasteiger partial charge in [0.25, 0.3) is 0 Å². The largest absolute Gasteiger partial charge is 0.372 e. The Bertz CT molecular complexity index is 278. The first-order chi connectivity index (χ1) is 6.59. The summed E-state index contributed by atoms with van der Waals surface area (Å²) >= 11 is 7.04. The first-order valence-electron chi connectivity index (χ1n) is 4.68. The second-order valence-electron chi connectivity index (χ2n) is 3.74. The molecule has 0 aliphatic rings. The summed E-state index contributed by atoms with van der Waals surface area (Å²) in [4.78, 5) is 0. The van der Waals surface area contributed by atoms with Gasteiger partial charge in [0.05, 0.1) is 12.7 Å². The monoisotopic (exact) mass is 234 g/mol. The van der Waals surface area contributed by atoms with Gasteiger partial charge in [-0.25, -0.2) is 0 Å². The summed E-state index contributed by atoms with van der Waals surface area (Å²) in [7, 11) is 0. The highest BCUT2D eigenvalue weighted by molar-refractivity contribution is 7.10. The summed E-state index contributed by atoms with van der Waals surface area (Å²) in [5, 5.41) is 3.88. The number of halogens is 1. The van der Waals surface area contributed by atoms with E-state index in [-0.39, 0.29) is 6.10 Å². The Morgan fingerprint density at radius 2 is 2.14 bits per heavy atom. The van der Waals surface area contributed by atoms with Crippen molar-refractivity contribution in [1.82, 2.24) is 9.59 Å². The van der Waals surface area contributed by atoms with Gasteiger partial charge in [0, 0.05) is 11.5 Å². The third-order valence-corrected chi connectivity index (χ3v) is 2.80. The van der Waals surface area contributed by atoms with Crippen molar-refractivity contribution in [2.24, 2.45) is 5.92 Å². The van der Waals surface area contributed by atoms with Gasteiger partial charge in [-0.3, -0.25) is 0 Å². The molecule has 14 heavy (non-hydrogen) atoms. The number of aromatic nitrogens is 2. The Labute approximate surface area is 93.6 Å². The SMILES string of the molecule is CC(C)CC(C)OCc1nnsc1Cl. The molecule has 5 heteroatoms. The molecule has 0 aliphatic carbocycles. The first kappa shape index (κ1) is 11.9. The molecule has 0 spiro atoms. The van der Waals surface area contributed by atoms with Crippen LogP contribution in [-0.4, -0.2) is 15.7 Å². The quantitative estimate of drug-likeness (QED) is 0.785. The lowest BCUT2D eigenvalue weighted by molar-refractivity contribution is 0.0379. The molecule has 0 fully saturated rings. The smallest absolute Gasteiger partial charge is 0.139 e. The molecule has 0 amide bonds. The zero-order valence-corrected chi connectivity index (χ0v) is 10.2. The molecular formula is C9H15ClN2OS. The van der Waals surface area contributed by atoms with Crippen molar-refractivity contribution in [3.8, 4) is 0 Å². The van der Waals surface area contributed by atoms with Crippen LogP contribution in [0.15, 0.2) is 0 Å². The fourth-order valence-corrected chi connectivity index (χ4v) is 1.84. The molecule has 1 atom stereocenters. The highest BCUT2D eigenvalue weighted by atomic mass is 35.5. The Hall–Kier alpha value is -0.190. The second kappa shape index (κ2) is 5.63. The lowest BCUT2D eigenvalue weighted by Gasteiger charge is -2.13. The molecule has 1 aromatic heterocycles. The molecule has 3 nitrogen and oxygen atoms in total. The van der Waals surface area contributed by atoms with Gasteiger partial charge in [-0.15, -0.1) is 5.10 Å². The minimum atomic E-state index is 0.243. The van der Waals surface area contributed by atoms with E-state index in [1.807, 2.05) is 0 Å². The molecule has 0 aromatic carbocycles. The van der Waals surface area contributed by atoms with Gasteiger partial charge in [-0.05, 0) is 19.3 Å². The average Bonchev–Trinajstić information content (AvgIpc) is 2.46. The van der Waals surface area contributed by atoms with Crippen LogP contribution in [0.25, 0.3) is 0 Å². The molecule has 0 bridgehead atoms. The second-order valence-corrected chi connectivity index (χ2v) is 5.10. The van der Waals surface area contributed by atoms with Crippen LogP contribution in [-0.2, 0) is 11.3 Å². The maximum atomic E-state index is 5.84. The van der Waals surface area contributed by atoms with Crippen LogP contribution in [0.3, 0.4) is 0 Å². The van der Waals surface area contributed by atoms with E-state index < -0.39 is 0 Å². The fraction of sp³-hybridized carbons (Fsp3) is 0.778. The molecule has 0 radical (unpaired) electrons. The normalized spacial score (nSPS) is 13.5. The minimum Gasteiger partial charge on any atom is -0.372 e. The van der Waals surface area contributed by atoms with Gasteiger partial charge in [0.15, 0.2) is 0 Å². The van der Waals surface area contributed by atoms with Gasteiger partial charge in [0.2, 0.25) is 0 Å². The summed E-state index contributed by atoms with van der Waals surface area (Å²) in [6.07, 6.45) is 1.29. The number of hydrogen-bond acceptors (Lipinski definition) is 4. The van der Waals surface area contributed by atoms with Crippen molar-refractivity contribution in [2.45, 2.75) is 39.9 Å². The summed E-state index contributed by atoms with van der Waals surface area (Å²) in [6.45, 7) is 6.88. The summed E-state index contributed by atoms with van der Waals surface area (Å²) < 4.78 is 9.96. The third-order valence-electron chi connectivity index (χ3n) is 1.82. The van der Waals surface area contributed by atoms with Crippen LogP contribution in [0.1, 0.15) is 32.9 Å². The molecular weight excluding hydrogens is 220 g/mol.